The molecule has 152 valence electrons. The van der Waals surface area contributed by atoms with Gasteiger partial charge < -0.3 is 14.2 Å². The molecule has 2 aromatic rings. The van der Waals surface area contributed by atoms with Gasteiger partial charge in [-0.1, -0.05) is 18.2 Å². The van der Waals surface area contributed by atoms with Crippen LogP contribution in [0.25, 0.3) is 0 Å². The Hall–Kier alpha value is -3.06. The molecule has 0 atom stereocenters. The first kappa shape index (κ1) is 21.2. The molecule has 0 unspecified atom stereocenters. The number of nitrogens with one attached hydrogen (secondary N) is 2. The molecule has 1 aromatic carbocycles. The third-order valence-electron chi connectivity index (χ3n) is 3.15. The number of hydrogen-bond acceptors (Lipinski definition) is 9. The van der Waals surface area contributed by atoms with Crippen molar-refractivity contribution in [2.24, 2.45) is 0 Å². The zero-order chi connectivity index (χ0) is 20.6. The van der Waals surface area contributed by atoms with Crippen molar-refractivity contribution in [1.82, 2.24) is 19.7 Å². The maximum absolute atomic E-state index is 12.5. The van der Waals surface area contributed by atoms with Gasteiger partial charge in [-0.05, 0) is 11.6 Å². The number of carbonyl (C=O) groups excluding carboxylic acids is 1. The molecule has 0 spiro atoms. The second-order valence-electron chi connectivity index (χ2n) is 5.04. The summed E-state index contributed by atoms with van der Waals surface area (Å²) < 4.78 is 53.8. The van der Waals surface area contributed by atoms with Crippen LogP contribution < -0.4 is 19.5 Å². The Balaban J connectivity index is 2.15. The molecule has 2 amide bonds. The summed E-state index contributed by atoms with van der Waals surface area (Å²) >= 11 is 0. The number of carbonyl (C=O) groups is 1. The number of urea groups is 1. The van der Waals surface area contributed by atoms with Crippen molar-refractivity contribution in [3.05, 3.63) is 29.8 Å². The number of rotatable bonds is 9. The van der Waals surface area contributed by atoms with Crippen molar-refractivity contribution < 1.29 is 31.8 Å². The van der Waals surface area contributed by atoms with Crippen molar-refractivity contribution in [1.29, 1.82) is 0 Å². The van der Waals surface area contributed by atoms with E-state index in [0.717, 1.165) is 0 Å². The van der Waals surface area contributed by atoms with E-state index in [4.69, 9.17) is 14.2 Å². The van der Waals surface area contributed by atoms with Crippen LogP contribution in [0.15, 0.2) is 29.2 Å². The summed E-state index contributed by atoms with van der Waals surface area (Å²) in [5.41, 5.74) is 0.264. The molecule has 13 heteroatoms. The lowest BCUT2D eigenvalue weighted by Crippen LogP contribution is -2.35. The van der Waals surface area contributed by atoms with Gasteiger partial charge in [-0.25, -0.2) is 22.3 Å². The quantitative estimate of drug-likeness (QED) is 0.571. The zero-order valence-corrected chi connectivity index (χ0v) is 15.8. The van der Waals surface area contributed by atoms with Crippen LogP contribution in [-0.2, 0) is 21.4 Å². The summed E-state index contributed by atoms with van der Waals surface area (Å²) in [6.07, 6.45) is 0. The fourth-order valence-electron chi connectivity index (χ4n) is 2.00. The van der Waals surface area contributed by atoms with Crippen LogP contribution in [0.3, 0.4) is 0 Å². The van der Waals surface area contributed by atoms with Gasteiger partial charge in [0.15, 0.2) is 0 Å². The van der Waals surface area contributed by atoms with E-state index in [1.165, 1.54) is 32.4 Å². The van der Waals surface area contributed by atoms with Crippen LogP contribution in [-0.4, -0.2) is 56.9 Å². The molecule has 28 heavy (non-hydrogen) atoms. The van der Waals surface area contributed by atoms with Gasteiger partial charge in [-0.2, -0.15) is 9.97 Å². The predicted molar refractivity (Wildman–Crippen MR) is 94.3 cm³/mol. The van der Waals surface area contributed by atoms with Crippen LogP contribution in [0.1, 0.15) is 5.56 Å². The first-order valence-electron chi connectivity index (χ1n) is 7.79. The summed E-state index contributed by atoms with van der Waals surface area (Å²) in [7, 11) is -1.65. The molecule has 0 aliphatic carbocycles. The monoisotopic (exact) mass is 415 g/mol. The molecule has 0 aliphatic rings. The van der Waals surface area contributed by atoms with E-state index in [0.29, 0.717) is 0 Å². The van der Waals surface area contributed by atoms with Gasteiger partial charge in [0.05, 0.1) is 32.3 Å². The second-order valence-corrected chi connectivity index (χ2v) is 6.69. The van der Waals surface area contributed by atoms with Crippen molar-refractivity contribution in [3.63, 3.8) is 0 Å². The number of anilines is 1. The molecule has 1 heterocycles. The lowest BCUT2D eigenvalue weighted by molar-refractivity contribution is 0.105. The largest absolute Gasteiger partial charge is 0.467 e. The molecule has 2 rings (SSSR count). The van der Waals surface area contributed by atoms with Gasteiger partial charge in [0, 0.05) is 0 Å². The summed E-state index contributed by atoms with van der Waals surface area (Å²) in [5.74, 6) is -0.282. The van der Waals surface area contributed by atoms with Gasteiger partial charge in [0.1, 0.15) is 6.67 Å². The van der Waals surface area contributed by atoms with Crippen molar-refractivity contribution in [2.45, 2.75) is 11.5 Å². The van der Waals surface area contributed by atoms with Crippen LogP contribution in [0.4, 0.5) is 15.1 Å². The molecule has 1 aromatic heterocycles. The van der Waals surface area contributed by atoms with Crippen LogP contribution >= 0.6 is 0 Å². The van der Waals surface area contributed by atoms with E-state index >= 15 is 0 Å². The molecule has 0 bridgehead atoms. The Bertz CT molecular complexity index is 905. The van der Waals surface area contributed by atoms with E-state index in [-0.39, 0.29) is 41.6 Å². The number of ether oxygens (including phenoxy) is 3. The van der Waals surface area contributed by atoms with Crippen LogP contribution in [0.5, 0.6) is 12.0 Å². The molecular formula is C15H18FN5O6S. The fourth-order valence-corrected chi connectivity index (χ4v) is 3.14. The Labute approximate surface area is 160 Å². The highest BCUT2D eigenvalue weighted by Gasteiger charge is 2.22. The van der Waals surface area contributed by atoms with E-state index in [2.05, 4.69) is 20.3 Å². The molecule has 2 N–H and O–H groups in total. The van der Waals surface area contributed by atoms with Crippen molar-refractivity contribution in [2.75, 3.05) is 32.8 Å². The Kier molecular flexibility index (Phi) is 7.40. The first-order chi connectivity index (χ1) is 13.4. The number of halogens is 1. The van der Waals surface area contributed by atoms with Gasteiger partial charge in [-0.3, -0.25) is 5.32 Å². The lowest BCUT2D eigenvalue weighted by Gasteiger charge is -2.12. The summed E-state index contributed by atoms with van der Waals surface area (Å²) in [6.45, 7) is -1.01. The molecule has 0 saturated heterocycles. The zero-order valence-electron chi connectivity index (χ0n) is 15.0. The Morgan fingerprint density at radius 3 is 2.36 bits per heavy atom. The molecular weight excluding hydrogens is 397 g/mol. The number of sulfonamides is 1. The number of hydrogen-bond donors (Lipinski definition) is 2. The standard InChI is InChI=1S/C15H18FN5O6S/c1-25-14-18-12(19-15(20-14)26-2)17-13(22)21-28(23,24)11-6-4-3-5-10(11)9-27-8-7-16/h3-6H,7-9H2,1-2H3,(H2,17,18,19,20,21,22). The van der Waals surface area contributed by atoms with Crippen molar-refractivity contribution in [3.8, 4) is 12.0 Å². The van der Waals surface area contributed by atoms with Gasteiger partial charge in [-0.15, -0.1) is 4.98 Å². The highest BCUT2D eigenvalue weighted by Crippen LogP contribution is 2.17. The number of aromatic nitrogens is 3. The molecule has 0 saturated carbocycles. The summed E-state index contributed by atoms with van der Waals surface area (Å²) in [4.78, 5) is 23.2. The van der Waals surface area contributed by atoms with Gasteiger partial charge >= 0.3 is 18.1 Å². The minimum atomic E-state index is -4.25. The Morgan fingerprint density at radius 2 is 1.75 bits per heavy atom. The average molecular weight is 415 g/mol. The highest BCUT2D eigenvalue weighted by atomic mass is 32.2. The average Bonchev–Trinajstić information content (AvgIpc) is 2.67. The van der Waals surface area contributed by atoms with E-state index in [1.54, 1.807) is 6.07 Å². The first-order valence-corrected chi connectivity index (χ1v) is 9.27. The van der Waals surface area contributed by atoms with Crippen molar-refractivity contribution >= 4 is 22.0 Å². The summed E-state index contributed by atoms with van der Waals surface area (Å²) in [6, 6.07) is 4.46. The SMILES string of the molecule is COc1nc(NC(=O)NS(=O)(=O)c2ccccc2COCCF)nc(OC)n1. The number of nitrogens with zero attached hydrogens (tertiary/aromatic N) is 3. The number of alkyl halides is 1. The number of amides is 2. The molecule has 0 fully saturated rings. The fraction of sp³-hybridized carbons (Fsp3) is 0.333. The Morgan fingerprint density at radius 1 is 1.11 bits per heavy atom. The van der Waals surface area contributed by atoms with Crippen LogP contribution in [0, 0.1) is 0 Å². The molecule has 11 nitrogen and oxygen atoms in total. The topological polar surface area (TPSA) is 142 Å². The minimum Gasteiger partial charge on any atom is -0.467 e. The normalized spacial score (nSPS) is 11.0. The molecule has 0 radical (unpaired) electrons. The predicted octanol–water partition coefficient (Wildman–Crippen LogP) is 0.885. The smallest absolute Gasteiger partial charge is 0.335 e. The lowest BCUT2D eigenvalue weighted by atomic mass is 10.2. The summed E-state index contributed by atoms with van der Waals surface area (Å²) in [5, 5.41) is 2.16. The van der Waals surface area contributed by atoms with E-state index in [1.807, 2.05) is 4.72 Å². The highest BCUT2D eigenvalue weighted by molar-refractivity contribution is 7.90. The third-order valence-corrected chi connectivity index (χ3v) is 4.58. The minimum absolute atomic E-state index is 0.134. The van der Waals surface area contributed by atoms with E-state index in [9.17, 15) is 17.6 Å². The number of benzene rings is 1. The molecule has 0 aliphatic heterocycles. The van der Waals surface area contributed by atoms with Crippen LogP contribution in [0.2, 0.25) is 0 Å². The second kappa shape index (κ2) is 9.75. The van der Waals surface area contributed by atoms with Gasteiger partial charge in [0.2, 0.25) is 5.95 Å². The van der Waals surface area contributed by atoms with E-state index < -0.39 is 22.7 Å². The maximum atomic E-state index is 12.5. The maximum Gasteiger partial charge on any atom is 0.335 e. The third kappa shape index (κ3) is 5.72. The van der Waals surface area contributed by atoms with Gasteiger partial charge in [0.25, 0.3) is 10.0 Å². The number of methoxy groups -OCH3 is 2.